The van der Waals surface area contributed by atoms with Crippen molar-refractivity contribution in [2.75, 3.05) is 0 Å². The third-order valence-electron chi connectivity index (χ3n) is 0.500. The van der Waals surface area contributed by atoms with Gasteiger partial charge in [-0.05, 0) is 0 Å². The molecule has 0 aliphatic rings. The van der Waals surface area contributed by atoms with Crippen LogP contribution in [-0.2, 0) is 21.1 Å². The zero-order chi connectivity index (χ0) is 3.41. The first-order valence-corrected chi connectivity index (χ1v) is 1.91. The fourth-order valence-corrected chi connectivity index (χ4v) is 0. The van der Waals surface area contributed by atoms with Gasteiger partial charge in [0.2, 0.25) is 0 Å². The fourth-order valence-electron chi connectivity index (χ4n) is 0. The van der Waals surface area contributed by atoms with E-state index in [1.807, 2.05) is 0 Å². The first kappa shape index (κ1) is 9.19. The van der Waals surface area contributed by atoms with Gasteiger partial charge in [-0.25, -0.2) is 0 Å². The normalized spacial score (nSPS) is 6.00. The zero-order valence-corrected chi connectivity index (χ0v) is 6.00. The summed E-state index contributed by atoms with van der Waals surface area (Å²) in [7, 11) is 0. The molecule has 0 radical (unpaired) electrons. The molecule has 0 aliphatic carbocycles. The molecule has 5 heavy (non-hydrogen) atoms. The van der Waals surface area contributed by atoms with E-state index in [0.29, 0.717) is 0 Å². The van der Waals surface area contributed by atoms with Crippen molar-refractivity contribution in [3.05, 3.63) is 0 Å². The van der Waals surface area contributed by atoms with Crippen molar-refractivity contribution in [1.29, 1.82) is 0 Å². The van der Waals surface area contributed by atoms with Crippen LogP contribution in [0.1, 0.15) is 26.7 Å². The predicted molar refractivity (Wildman–Crippen MR) is 20.6 cm³/mol. The van der Waals surface area contributed by atoms with Crippen LogP contribution < -0.4 is 0 Å². The van der Waals surface area contributed by atoms with Crippen LogP contribution in [0, 0.1) is 0 Å². The van der Waals surface area contributed by atoms with Gasteiger partial charge in [0.1, 0.15) is 0 Å². The molecule has 0 aromatic rings. The molecule has 0 aromatic heterocycles. The van der Waals surface area contributed by atoms with E-state index in [1.165, 1.54) is 12.8 Å². The van der Waals surface area contributed by atoms with Crippen molar-refractivity contribution in [2.45, 2.75) is 26.7 Å². The van der Waals surface area contributed by atoms with Crippen LogP contribution in [0.15, 0.2) is 0 Å². The molecule has 0 aliphatic heterocycles. The number of hydrogen-bond acceptors (Lipinski definition) is 0. The van der Waals surface area contributed by atoms with Crippen LogP contribution in [0.5, 0.6) is 0 Å². The molecule has 0 rings (SSSR count). The third-order valence-corrected chi connectivity index (χ3v) is 0.500. The van der Waals surface area contributed by atoms with Crippen LogP contribution in [0.4, 0.5) is 0 Å². The monoisotopic (exact) mass is 253 g/mol. The van der Waals surface area contributed by atoms with Gasteiger partial charge in [0.25, 0.3) is 0 Å². The quantitative estimate of drug-likeness (QED) is 0.668. The Morgan fingerprint density at radius 2 is 1.20 bits per heavy atom. The summed E-state index contributed by atoms with van der Waals surface area (Å²) in [5.74, 6) is 0. The van der Waals surface area contributed by atoms with Gasteiger partial charge < -0.3 is 0 Å². The predicted octanol–water partition coefficient (Wildman–Crippen LogP) is 1.80. The molecule has 0 heterocycles. The smallest absolute Gasteiger partial charge is 0.0654 e. The van der Waals surface area contributed by atoms with Crippen molar-refractivity contribution in [2.24, 2.45) is 0 Å². The van der Waals surface area contributed by atoms with E-state index in [2.05, 4.69) is 13.8 Å². The maximum absolute atomic E-state index is 2.18. The Morgan fingerprint density at radius 3 is 1.20 bits per heavy atom. The van der Waals surface area contributed by atoms with Crippen LogP contribution in [-0.4, -0.2) is 0 Å². The molecule has 1 heteroatoms. The Balaban J connectivity index is 0. The van der Waals surface area contributed by atoms with Crippen LogP contribution in [0.3, 0.4) is 0 Å². The molecule has 0 bridgehead atoms. The van der Waals surface area contributed by atoms with Gasteiger partial charge in [0.05, 0.1) is 0 Å². The topological polar surface area (TPSA) is 0 Å². The van der Waals surface area contributed by atoms with Gasteiger partial charge in [-0.2, -0.15) is 0 Å². The van der Waals surface area contributed by atoms with E-state index in [0.717, 1.165) is 0 Å². The van der Waals surface area contributed by atoms with Crippen LogP contribution in [0.25, 0.3) is 0 Å². The second kappa shape index (κ2) is 8.82. The molecule has 34 valence electrons. The van der Waals surface area contributed by atoms with Crippen molar-refractivity contribution in [3.8, 4) is 0 Å². The molecule has 0 atom stereocenters. The molecule has 0 saturated carbocycles. The summed E-state index contributed by atoms with van der Waals surface area (Å²) in [6, 6.07) is 0. The SMILES string of the molecule is CCCC.[Pt+2]. The molecule has 0 N–H and O–H groups in total. The standard InChI is InChI=1S/C4H10.Pt/c1-3-4-2;/h3-4H2,1-2H3;/q;+2. The number of rotatable bonds is 1. The van der Waals surface area contributed by atoms with Crippen molar-refractivity contribution < 1.29 is 21.1 Å². The molecule has 0 fully saturated rings. The van der Waals surface area contributed by atoms with E-state index in [-0.39, 0.29) is 21.1 Å². The molecule has 0 aromatic carbocycles. The average molecular weight is 253 g/mol. The minimum atomic E-state index is 0. The first-order valence-electron chi connectivity index (χ1n) is 1.91. The molecular weight excluding hydrogens is 243 g/mol. The van der Waals surface area contributed by atoms with Gasteiger partial charge in [0, 0.05) is 0 Å². The first-order chi connectivity index (χ1) is 1.91. The Hall–Kier alpha value is 0.688. The van der Waals surface area contributed by atoms with Gasteiger partial charge in [-0.1, -0.05) is 26.7 Å². The van der Waals surface area contributed by atoms with Crippen LogP contribution in [0.2, 0.25) is 0 Å². The minimum absolute atomic E-state index is 0. The zero-order valence-electron chi connectivity index (χ0n) is 3.73. The molecule has 0 spiro atoms. The van der Waals surface area contributed by atoms with Crippen molar-refractivity contribution >= 4 is 0 Å². The van der Waals surface area contributed by atoms with Crippen LogP contribution >= 0.6 is 0 Å². The molecule has 0 unspecified atom stereocenters. The number of hydrogen-bond donors (Lipinski definition) is 0. The van der Waals surface area contributed by atoms with Gasteiger partial charge in [0.15, 0.2) is 0 Å². The largest absolute Gasteiger partial charge is 2.00 e. The Bertz CT molecular complexity index is 5.61. The molecule has 0 amide bonds. The van der Waals surface area contributed by atoms with Crippen molar-refractivity contribution in [1.82, 2.24) is 0 Å². The fraction of sp³-hybridized carbons (Fsp3) is 1.00. The van der Waals surface area contributed by atoms with Gasteiger partial charge >= 0.3 is 21.1 Å². The Morgan fingerprint density at radius 1 is 1.00 bits per heavy atom. The molecular formula is C4H10Pt+2. The summed E-state index contributed by atoms with van der Waals surface area (Å²) in [5, 5.41) is 0. The van der Waals surface area contributed by atoms with E-state index < -0.39 is 0 Å². The second-order valence-electron chi connectivity index (χ2n) is 1.000. The van der Waals surface area contributed by atoms with Gasteiger partial charge in [-0.3, -0.25) is 0 Å². The van der Waals surface area contributed by atoms with E-state index >= 15 is 0 Å². The average Bonchev–Trinajstić information content (AvgIpc) is 1.37. The summed E-state index contributed by atoms with van der Waals surface area (Å²) >= 11 is 0. The molecule has 0 nitrogen and oxygen atoms in total. The summed E-state index contributed by atoms with van der Waals surface area (Å²) in [4.78, 5) is 0. The van der Waals surface area contributed by atoms with Crippen molar-refractivity contribution in [3.63, 3.8) is 0 Å². The Labute approximate surface area is 48.2 Å². The minimum Gasteiger partial charge on any atom is -0.0654 e. The summed E-state index contributed by atoms with van der Waals surface area (Å²) in [6.07, 6.45) is 2.64. The van der Waals surface area contributed by atoms with E-state index in [9.17, 15) is 0 Å². The van der Waals surface area contributed by atoms with E-state index in [4.69, 9.17) is 0 Å². The second-order valence-corrected chi connectivity index (χ2v) is 1.000. The molecule has 0 saturated heterocycles. The maximum atomic E-state index is 2.18. The number of unbranched alkanes of at least 4 members (excludes halogenated alkanes) is 1. The van der Waals surface area contributed by atoms with Gasteiger partial charge in [-0.15, -0.1) is 0 Å². The Kier molecular flexibility index (Phi) is 16.2. The maximum Gasteiger partial charge on any atom is 2.00 e. The van der Waals surface area contributed by atoms with E-state index in [1.54, 1.807) is 0 Å². The summed E-state index contributed by atoms with van der Waals surface area (Å²) in [5.41, 5.74) is 0. The summed E-state index contributed by atoms with van der Waals surface area (Å²) in [6.45, 7) is 4.36. The summed E-state index contributed by atoms with van der Waals surface area (Å²) < 4.78 is 0. The third kappa shape index (κ3) is 11.9.